The summed E-state index contributed by atoms with van der Waals surface area (Å²) in [5, 5.41) is 2.45. The Labute approximate surface area is 124 Å². The SMILES string of the molecule is O=C(/C=C(/NCc1ccccc1)C(F)F)C(Cl)(Cl)Cl. The average Bonchev–Trinajstić information content (AvgIpc) is 2.33. The fraction of sp³-hybridized carbons (Fsp3) is 0.250. The molecule has 1 aromatic rings. The number of halogens is 5. The average molecular weight is 329 g/mol. The highest BCUT2D eigenvalue weighted by atomic mass is 35.6. The van der Waals surface area contributed by atoms with Crippen molar-refractivity contribution in [2.75, 3.05) is 0 Å². The number of rotatable bonds is 5. The molecule has 0 radical (unpaired) electrons. The molecule has 0 bridgehead atoms. The maximum absolute atomic E-state index is 12.7. The summed E-state index contributed by atoms with van der Waals surface area (Å²) in [6.07, 6.45) is -2.25. The normalized spacial score (nSPS) is 12.6. The Balaban J connectivity index is 2.74. The number of carbonyl (C=O) groups excluding carboxylic acids is 1. The minimum absolute atomic E-state index is 0.143. The molecular weight excluding hydrogens is 318 g/mol. The molecule has 0 aromatic heterocycles. The van der Waals surface area contributed by atoms with Crippen LogP contribution in [0.15, 0.2) is 42.1 Å². The highest BCUT2D eigenvalue weighted by Crippen LogP contribution is 2.28. The molecule has 0 atom stereocenters. The predicted molar refractivity (Wildman–Crippen MR) is 72.7 cm³/mol. The van der Waals surface area contributed by atoms with E-state index in [0.717, 1.165) is 5.56 Å². The van der Waals surface area contributed by atoms with Gasteiger partial charge in [-0.25, -0.2) is 8.78 Å². The Bertz CT molecular complexity index is 458. The molecule has 0 spiro atoms. The second kappa shape index (κ2) is 7.08. The Morgan fingerprint density at radius 2 is 1.84 bits per heavy atom. The topological polar surface area (TPSA) is 29.1 Å². The second-order valence-electron chi connectivity index (χ2n) is 3.60. The van der Waals surface area contributed by atoms with Crippen LogP contribution in [0.5, 0.6) is 0 Å². The second-order valence-corrected chi connectivity index (χ2v) is 5.88. The standard InChI is InChI=1S/C12H10Cl3F2NO/c13-12(14,15)10(19)6-9(11(16)17)18-7-8-4-2-1-3-5-8/h1-6,11,18H,7H2/b9-6+. The lowest BCUT2D eigenvalue weighted by atomic mass is 10.2. The minimum Gasteiger partial charge on any atom is -0.380 e. The number of allylic oxidation sites excluding steroid dienone is 2. The van der Waals surface area contributed by atoms with Gasteiger partial charge >= 0.3 is 0 Å². The van der Waals surface area contributed by atoms with E-state index in [4.69, 9.17) is 34.8 Å². The largest absolute Gasteiger partial charge is 0.380 e. The van der Waals surface area contributed by atoms with Gasteiger partial charge in [0.1, 0.15) is 0 Å². The van der Waals surface area contributed by atoms with Crippen molar-refractivity contribution in [2.24, 2.45) is 0 Å². The van der Waals surface area contributed by atoms with Crippen molar-refractivity contribution in [1.82, 2.24) is 5.32 Å². The van der Waals surface area contributed by atoms with Crippen molar-refractivity contribution < 1.29 is 13.6 Å². The summed E-state index contributed by atoms with van der Waals surface area (Å²) in [6, 6.07) is 8.87. The van der Waals surface area contributed by atoms with E-state index in [9.17, 15) is 13.6 Å². The lowest BCUT2D eigenvalue weighted by molar-refractivity contribution is -0.113. The van der Waals surface area contributed by atoms with Crippen LogP contribution in [0.1, 0.15) is 5.56 Å². The molecule has 0 saturated carbocycles. The minimum atomic E-state index is -2.86. The van der Waals surface area contributed by atoms with Crippen LogP contribution in [0, 0.1) is 0 Å². The van der Waals surface area contributed by atoms with Gasteiger partial charge in [-0.2, -0.15) is 0 Å². The highest BCUT2D eigenvalue weighted by Gasteiger charge is 2.29. The van der Waals surface area contributed by atoms with Gasteiger partial charge in [0.2, 0.25) is 5.78 Å². The van der Waals surface area contributed by atoms with Gasteiger partial charge < -0.3 is 5.32 Å². The third kappa shape index (κ3) is 5.76. The van der Waals surface area contributed by atoms with Crippen LogP contribution in [0.2, 0.25) is 0 Å². The monoisotopic (exact) mass is 327 g/mol. The van der Waals surface area contributed by atoms with Crippen molar-refractivity contribution >= 4 is 40.6 Å². The van der Waals surface area contributed by atoms with E-state index in [1.54, 1.807) is 30.3 Å². The molecule has 104 valence electrons. The summed E-state index contributed by atoms with van der Waals surface area (Å²) in [7, 11) is 0. The highest BCUT2D eigenvalue weighted by molar-refractivity contribution is 6.77. The summed E-state index contributed by atoms with van der Waals surface area (Å²) in [6.45, 7) is 0.143. The van der Waals surface area contributed by atoms with Crippen molar-refractivity contribution in [1.29, 1.82) is 0 Å². The Morgan fingerprint density at radius 1 is 1.26 bits per heavy atom. The summed E-state index contributed by atoms with van der Waals surface area (Å²) in [5.41, 5.74) is 0.204. The number of ketones is 1. The fourth-order valence-electron chi connectivity index (χ4n) is 1.21. The summed E-state index contributed by atoms with van der Waals surface area (Å²) >= 11 is 15.9. The van der Waals surface area contributed by atoms with Gasteiger partial charge in [-0.1, -0.05) is 65.1 Å². The molecule has 19 heavy (non-hydrogen) atoms. The summed E-state index contributed by atoms with van der Waals surface area (Å²) in [5.74, 6) is -1.02. The Morgan fingerprint density at radius 3 is 2.32 bits per heavy atom. The third-order valence-electron chi connectivity index (χ3n) is 2.14. The summed E-state index contributed by atoms with van der Waals surface area (Å²) < 4.78 is 23.2. The maximum atomic E-state index is 12.7. The molecule has 0 heterocycles. The lowest BCUT2D eigenvalue weighted by Crippen LogP contribution is -2.23. The van der Waals surface area contributed by atoms with E-state index in [0.29, 0.717) is 6.08 Å². The number of alkyl halides is 5. The van der Waals surface area contributed by atoms with E-state index in [2.05, 4.69) is 5.32 Å². The molecular formula is C12H10Cl3F2NO. The van der Waals surface area contributed by atoms with Crippen LogP contribution >= 0.6 is 34.8 Å². The molecule has 0 saturated heterocycles. The third-order valence-corrected chi connectivity index (χ3v) is 2.70. The first-order valence-electron chi connectivity index (χ1n) is 5.19. The summed E-state index contributed by atoms with van der Waals surface area (Å²) in [4.78, 5) is 11.3. The van der Waals surface area contributed by atoms with Gasteiger partial charge in [-0.05, 0) is 5.56 Å². The molecule has 0 amide bonds. The smallest absolute Gasteiger partial charge is 0.278 e. The molecule has 0 unspecified atom stereocenters. The van der Waals surface area contributed by atoms with Crippen LogP contribution in [-0.4, -0.2) is 16.0 Å². The number of hydrogen-bond donors (Lipinski definition) is 1. The predicted octanol–water partition coefficient (Wildman–Crippen LogP) is 3.86. The number of carbonyl (C=O) groups is 1. The maximum Gasteiger partial charge on any atom is 0.278 e. The number of hydrogen-bond acceptors (Lipinski definition) is 2. The number of nitrogens with one attached hydrogen (secondary N) is 1. The van der Waals surface area contributed by atoms with Gasteiger partial charge in [0.05, 0.1) is 5.70 Å². The lowest BCUT2D eigenvalue weighted by Gasteiger charge is -2.12. The van der Waals surface area contributed by atoms with Gasteiger partial charge in [0, 0.05) is 12.6 Å². The van der Waals surface area contributed by atoms with Gasteiger partial charge in [0.25, 0.3) is 10.2 Å². The van der Waals surface area contributed by atoms with E-state index < -0.39 is 21.7 Å². The zero-order valence-corrected chi connectivity index (χ0v) is 11.8. The first kappa shape index (κ1) is 16.2. The van der Waals surface area contributed by atoms with Crippen molar-refractivity contribution in [3.05, 3.63) is 47.7 Å². The van der Waals surface area contributed by atoms with E-state index in [-0.39, 0.29) is 6.54 Å². The van der Waals surface area contributed by atoms with E-state index in [1.807, 2.05) is 0 Å². The fourth-order valence-corrected chi connectivity index (χ4v) is 1.38. The Hall–Kier alpha value is -0.840. The van der Waals surface area contributed by atoms with Crippen LogP contribution in [0.3, 0.4) is 0 Å². The van der Waals surface area contributed by atoms with Crippen LogP contribution in [-0.2, 0) is 11.3 Å². The van der Waals surface area contributed by atoms with Gasteiger partial charge in [0.15, 0.2) is 0 Å². The van der Waals surface area contributed by atoms with E-state index in [1.165, 1.54) is 0 Å². The molecule has 0 aliphatic carbocycles. The van der Waals surface area contributed by atoms with E-state index >= 15 is 0 Å². The molecule has 0 fully saturated rings. The van der Waals surface area contributed by atoms with Crippen LogP contribution in [0.4, 0.5) is 8.78 Å². The van der Waals surface area contributed by atoms with Crippen molar-refractivity contribution in [3.63, 3.8) is 0 Å². The van der Waals surface area contributed by atoms with Gasteiger partial charge in [-0.15, -0.1) is 0 Å². The van der Waals surface area contributed by atoms with Crippen molar-refractivity contribution in [3.8, 4) is 0 Å². The molecule has 1 rings (SSSR count). The zero-order chi connectivity index (χ0) is 14.5. The quantitative estimate of drug-likeness (QED) is 0.657. The van der Waals surface area contributed by atoms with Crippen LogP contribution in [0.25, 0.3) is 0 Å². The molecule has 7 heteroatoms. The molecule has 1 aromatic carbocycles. The molecule has 1 N–H and O–H groups in total. The molecule has 0 aliphatic heterocycles. The zero-order valence-electron chi connectivity index (χ0n) is 9.55. The van der Waals surface area contributed by atoms with Crippen LogP contribution < -0.4 is 5.32 Å². The first-order chi connectivity index (χ1) is 8.80. The molecule has 0 aliphatic rings. The molecule has 2 nitrogen and oxygen atoms in total. The van der Waals surface area contributed by atoms with Gasteiger partial charge in [-0.3, -0.25) is 4.79 Å². The Kier molecular flexibility index (Phi) is 6.04. The number of benzene rings is 1. The first-order valence-corrected chi connectivity index (χ1v) is 6.33. The van der Waals surface area contributed by atoms with Crippen molar-refractivity contribution in [2.45, 2.75) is 16.8 Å².